The average molecular weight is 287 g/mol. The second-order valence-electron chi connectivity index (χ2n) is 5.51. The van der Waals surface area contributed by atoms with Crippen molar-refractivity contribution in [2.45, 2.75) is 25.3 Å². The van der Waals surface area contributed by atoms with E-state index >= 15 is 0 Å². The molecule has 2 aliphatic rings. The molecule has 5 heteroatoms. The molecule has 104 valence electrons. The van der Waals surface area contributed by atoms with Crippen molar-refractivity contribution in [2.75, 3.05) is 18.2 Å². The molecule has 0 atom stereocenters. The monoisotopic (exact) mass is 287 g/mol. The Labute approximate surface area is 122 Å². The Balaban J connectivity index is 1.70. The minimum absolute atomic E-state index is 0.222. The standard InChI is InChI=1S/C15H17N3OS/c19-14(17-7-8-20-10-17)9-18-13-4-2-1-3-12(13)16-15(18)11-5-6-11/h1-4,11H,5-10H2. The number of carbonyl (C=O) groups is 1. The molecule has 4 nitrogen and oxygen atoms in total. The van der Waals surface area contributed by atoms with E-state index in [-0.39, 0.29) is 5.91 Å². The lowest BCUT2D eigenvalue weighted by Crippen LogP contribution is -2.31. The normalized spacial score (nSPS) is 18.9. The van der Waals surface area contributed by atoms with Crippen molar-refractivity contribution in [3.63, 3.8) is 0 Å². The molecule has 1 amide bonds. The number of amides is 1. The number of imidazole rings is 1. The Morgan fingerprint density at radius 1 is 1.35 bits per heavy atom. The van der Waals surface area contributed by atoms with Crippen LogP contribution < -0.4 is 0 Å². The van der Waals surface area contributed by atoms with E-state index in [9.17, 15) is 4.79 Å². The Morgan fingerprint density at radius 2 is 2.20 bits per heavy atom. The van der Waals surface area contributed by atoms with Crippen LogP contribution in [-0.4, -0.2) is 38.5 Å². The number of carbonyl (C=O) groups excluding carboxylic acids is 1. The summed E-state index contributed by atoms with van der Waals surface area (Å²) in [6.07, 6.45) is 2.41. The number of benzene rings is 1. The molecule has 0 spiro atoms. The summed E-state index contributed by atoms with van der Waals surface area (Å²) in [5.74, 6) is 3.78. The highest BCUT2D eigenvalue weighted by Gasteiger charge is 2.30. The molecule has 0 unspecified atom stereocenters. The van der Waals surface area contributed by atoms with Gasteiger partial charge in [0.25, 0.3) is 0 Å². The van der Waals surface area contributed by atoms with Gasteiger partial charge in [-0.2, -0.15) is 0 Å². The predicted octanol–water partition coefficient (Wildman–Crippen LogP) is 2.45. The van der Waals surface area contributed by atoms with Gasteiger partial charge in [-0.15, -0.1) is 11.8 Å². The third-order valence-corrected chi connectivity index (χ3v) is 4.99. The van der Waals surface area contributed by atoms with Gasteiger partial charge in [0, 0.05) is 18.2 Å². The fourth-order valence-electron chi connectivity index (χ4n) is 2.76. The summed E-state index contributed by atoms with van der Waals surface area (Å²) in [4.78, 5) is 19.1. The van der Waals surface area contributed by atoms with Crippen LogP contribution in [0.2, 0.25) is 0 Å². The summed E-state index contributed by atoms with van der Waals surface area (Å²) < 4.78 is 2.14. The van der Waals surface area contributed by atoms with Crippen molar-refractivity contribution in [1.29, 1.82) is 0 Å². The molecule has 20 heavy (non-hydrogen) atoms. The van der Waals surface area contributed by atoms with Gasteiger partial charge in [0.2, 0.25) is 5.91 Å². The molecule has 2 heterocycles. The van der Waals surface area contributed by atoms with Gasteiger partial charge in [-0.25, -0.2) is 4.98 Å². The van der Waals surface area contributed by atoms with E-state index in [4.69, 9.17) is 4.98 Å². The lowest BCUT2D eigenvalue weighted by Gasteiger charge is -2.16. The molecule has 0 bridgehead atoms. The van der Waals surface area contributed by atoms with Gasteiger partial charge in [0.05, 0.1) is 16.9 Å². The third kappa shape index (κ3) is 2.10. The van der Waals surface area contributed by atoms with Crippen LogP contribution in [0.15, 0.2) is 24.3 Å². The lowest BCUT2D eigenvalue weighted by molar-refractivity contribution is -0.130. The zero-order valence-corrected chi connectivity index (χ0v) is 12.1. The van der Waals surface area contributed by atoms with Crippen molar-refractivity contribution in [2.24, 2.45) is 0 Å². The van der Waals surface area contributed by atoms with Crippen LogP contribution in [0.1, 0.15) is 24.6 Å². The maximum atomic E-state index is 12.4. The Kier molecular flexibility index (Phi) is 2.95. The van der Waals surface area contributed by atoms with Crippen molar-refractivity contribution in [1.82, 2.24) is 14.5 Å². The zero-order valence-electron chi connectivity index (χ0n) is 11.3. The van der Waals surface area contributed by atoms with Gasteiger partial charge >= 0.3 is 0 Å². The number of thioether (sulfide) groups is 1. The maximum Gasteiger partial charge on any atom is 0.243 e. The number of para-hydroxylation sites is 2. The number of fused-ring (bicyclic) bond motifs is 1. The van der Waals surface area contributed by atoms with Gasteiger partial charge in [0.1, 0.15) is 12.4 Å². The predicted molar refractivity (Wildman–Crippen MR) is 80.7 cm³/mol. The number of nitrogens with zero attached hydrogens (tertiary/aromatic N) is 3. The number of aromatic nitrogens is 2. The second-order valence-corrected chi connectivity index (χ2v) is 6.59. The van der Waals surface area contributed by atoms with Crippen LogP contribution in [0.25, 0.3) is 11.0 Å². The largest absolute Gasteiger partial charge is 0.331 e. The van der Waals surface area contributed by atoms with Gasteiger partial charge in [-0.1, -0.05) is 12.1 Å². The molecule has 2 fully saturated rings. The van der Waals surface area contributed by atoms with Crippen molar-refractivity contribution in [3.8, 4) is 0 Å². The van der Waals surface area contributed by atoms with E-state index in [0.29, 0.717) is 12.5 Å². The molecule has 4 rings (SSSR count). The molecule has 1 saturated carbocycles. The molecule has 1 saturated heterocycles. The smallest absolute Gasteiger partial charge is 0.243 e. The molecule has 0 radical (unpaired) electrons. The molecular formula is C15H17N3OS. The first-order chi connectivity index (χ1) is 9.83. The fourth-order valence-corrected chi connectivity index (χ4v) is 3.73. The SMILES string of the molecule is O=C(Cn1c(C2CC2)nc2ccccc21)N1CCSC1. The quantitative estimate of drug-likeness (QED) is 0.870. The highest BCUT2D eigenvalue weighted by Crippen LogP contribution is 2.40. The molecule has 1 aliphatic heterocycles. The Morgan fingerprint density at radius 3 is 2.95 bits per heavy atom. The number of rotatable bonds is 3. The van der Waals surface area contributed by atoms with Gasteiger partial charge in [-0.3, -0.25) is 4.79 Å². The summed E-state index contributed by atoms with van der Waals surface area (Å²) in [5.41, 5.74) is 2.10. The van der Waals surface area contributed by atoms with Gasteiger partial charge in [0.15, 0.2) is 0 Å². The van der Waals surface area contributed by atoms with E-state index in [1.165, 1.54) is 12.8 Å². The number of hydrogen-bond acceptors (Lipinski definition) is 3. The van der Waals surface area contributed by atoms with Crippen LogP contribution in [0.5, 0.6) is 0 Å². The van der Waals surface area contributed by atoms with Crippen LogP contribution in [0.3, 0.4) is 0 Å². The summed E-state index contributed by atoms with van der Waals surface area (Å²) in [6.45, 7) is 1.32. The first-order valence-electron chi connectivity index (χ1n) is 7.13. The first-order valence-corrected chi connectivity index (χ1v) is 8.29. The summed E-state index contributed by atoms with van der Waals surface area (Å²) in [5, 5.41) is 0. The Hall–Kier alpha value is -1.49. The molecule has 1 aliphatic carbocycles. The van der Waals surface area contributed by atoms with E-state index < -0.39 is 0 Å². The maximum absolute atomic E-state index is 12.4. The van der Waals surface area contributed by atoms with Crippen LogP contribution in [0.4, 0.5) is 0 Å². The highest BCUT2D eigenvalue weighted by atomic mass is 32.2. The van der Waals surface area contributed by atoms with Gasteiger partial charge < -0.3 is 9.47 Å². The van der Waals surface area contributed by atoms with Crippen molar-refractivity contribution >= 4 is 28.7 Å². The van der Waals surface area contributed by atoms with E-state index in [0.717, 1.165) is 35.0 Å². The van der Waals surface area contributed by atoms with Crippen LogP contribution in [-0.2, 0) is 11.3 Å². The van der Waals surface area contributed by atoms with E-state index in [1.807, 2.05) is 34.9 Å². The topological polar surface area (TPSA) is 38.1 Å². The molecule has 1 aromatic heterocycles. The summed E-state index contributed by atoms with van der Waals surface area (Å²) in [6, 6.07) is 8.14. The lowest BCUT2D eigenvalue weighted by atomic mass is 10.3. The van der Waals surface area contributed by atoms with Gasteiger partial charge in [-0.05, 0) is 25.0 Å². The van der Waals surface area contributed by atoms with E-state index in [1.54, 1.807) is 0 Å². The van der Waals surface area contributed by atoms with Crippen LogP contribution >= 0.6 is 11.8 Å². The zero-order chi connectivity index (χ0) is 13.5. The first kappa shape index (κ1) is 12.3. The van der Waals surface area contributed by atoms with E-state index in [2.05, 4.69) is 10.6 Å². The fraction of sp³-hybridized carbons (Fsp3) is 0.467. The third-order valence-electron chi connectivity index (χ3n) is 4.03. The minimum Gasteiger partial charge on any atom is -0.331 e. The Bertz CT molecular complexity index is 656. The van der Waals surface area contributed by atoms with Crippen molar-refractivity contribution in [3.05, 3.63) is 30.1 Å². The summed E-state index contributed by atoms with van der Waals surface area (Å²) >= 11 is 1.83. The van der Waals surface area contributed by atoms with Crippen molar-refractivity contribution < 1.29 is 4.79 Å². The average Bonchev–Trinajstić information content (AvgIpc) is 3.03. The number of hydrogen-bond donors (Lipinski definition) is 0. The van der Waals surface area contributed by atoms with Crippen LogP contribution in [0, 0.1) is 0 Å². The second kappa shape index (κ2) is 4.81. The highest BCUT2D eigenvalue weighted by molar-refractivity contribution is 7.99. The molecular weight excluding hydrogens is 270 g/mol. The minimum atomic E-state index is 0.222. The molecule has 0 N–H and O–H groups in total. The molecule has 1 aromatic carbocycles. The summed E-state index contributed by atoms with van der Waals surface area (Å²) in [7, 11) is 0. The molecule has 2 aromatic rings.